The Balaban J connectivity index is 1.63. The first kappa shape index (κ1) is 13.2. The summed E-state index contributed by atoms with van der Waals surface area (Å²) in [5.74, 6) is 0.902. The predicted molar refractivity (Wildman–Crippen MR) is 79.9 cm³/mol. The summed E-state index contributed by atoms with van der Waals surface area (Å²) in [5, 5.41) is 10.3. The maximum atomic E-state index is 10.3. The zero-order valence-electron chi connectivity index (χ0n) is 11.8. The second-order valence-corrected chi connectivity index (χ2v) is 5.59. The highest BCUT2D eigenvalue weighted by Gasteiger charge is 2.23. The monoisotopic (exact) mass is 268 g/mol. The van der Waals surface area contributed by atoms with Gasteiger partial charge in [0.15, 0.2) is 0 Å². The fraction of sp³-hybridized carbons (Fsp3) is 0.333. The summed E-state index contributed by atoms with van der Waals surface area (Å²) in [6, 6.07) is 16.1. The van der Waals surface area contributed by atoms with Gasteiger partial charge >= 0.3 is 0 Å². The van der Waals surface area contributed by atoms with Crippen molar-refractivity contribution in [2.24, 2.45) is 0 Å². The molecule has 0 saturated heterocycles. The molecule has 1 atom stereocenters. The number of hydrogen-bond acceptors (Lipinski definition) is 2. The van der Waals surface area contributed by atoms with Crippen molar-refractivity contribution < 1.29 is 9.84 Å². The van der Waals surface area contributed by atoms with Gasteiger partial charge in [0.1, 0.15) is 5.75 Å². The van der Waals surface area contributed by atoms with E-state index < -0.39 is 6.10 Å². The molecule has 0 aliphatic heterocycles. The van der Waals surface area contributed by atoms with Gasteiger partial charge in [-0.3, -0.25) is 0 Å². The Kier molecular flexibility index (Phi) is 3.75. The number of hydrogen-bond donors (Lipinski definition) is 1. The highest BCUT2D eigenvalue weighted by atomic mass is 16.5. The molecule has 3 rings (SSSR count). The van der Waals surface area contributed by atoms with Crippen LogP contribution in [0.3, 0.4) is 0 Å². The summed E-state index contributed by atoms with van der Waals surface area (Å²) in [4.78, 5) is 0. The zero-order valence-corrected chi connectivity index (χ0v) is 11.8. The maximum absolute atomic E-state index is 10.3. The van der Waals surface area contributed by atoms with Gasteiger partial charge < -0.3 is 9.84 Å². The van der Waals surface area contributed by atoms with Gasteiger partial charge in [0, 0.05) is 6.42 Å². The molecule has 0 bridgehead atoms. The summed E-state index contributed by atoms with van der Waals surface area (Å²) in [5.41, 5.74) is 3.33. The highest BCUT2D eigenvalue weighted by Crippen LogP contribution is 2.28. The van der Waals surface area contributed by atoms with Crippen molar-refractivity contribution in [2.75, 3.05) is 0 Å². The molecule has 0 spiro atoms. The smallest absolute Gasteiger partial charge is 0.119 e. The minimum atomic E-state index is -0.465. The standard InChI is InChI=1S/C18H20O2/c1-13-2-4-14(5-3-13)12-18(19)15-6-8-16(9-7-15)20-17-10-11-17/h2-9,17-19H,10-12H2,1H3. The van der Waals surface area contributed by atoms with Gasteiger partial charge in [0.25, 0.3) is 0 Å². The van der Waals surface area contributed by atoms with Gasteiger partial charge in [-0.1, -0.05) is 42.0 Å². The fourth-order valence-corrected chi connectivity index (χ4v) is 2.21. The molecule has 1 N–H and O–H groups in total. The molecule has 2 aromatic carbocycles. The van der Waals surface area contributed by atoms with E-state index in [1.54, 1.807) is 0 Å². The van der Waals surface area contributed by atoms with Crippen LogP contribution in [0.4, 0.5) is 0 Å². The molecule has 0 heterocycles. The van der Waals surface area contributed by atoms with Crippen molar-refractivity contribution >= 4 is 0 Å². The summed E-state index contributed by atoms with van der Waals surface area (Å²) in [7, 11) is 0. The van der Waals surface area contributed by atoms with E-state index in [1.807, 2.05) is 24.3 Å². The van der Waals surface area contributed by atoms with E-state index in [0.717, 1.165) is 29.7 Å². The van der Waals surface area contributed by atoms with Crippen LogP contribution >= 0.6 is 0 Å². The second kappa shape index (κ2) is 5.68. The molecule has 1 saturated carbocycles. The normalized spacial score (nSPS) is 15.9. The first-order valence-electron chi connectivity index (χ1n) is 7.21. The Morgan fingerprint density at radius 1 is 1.05 bits per heavy atom. The summed E-state index contributed by atoms with van der Waals surface area (Å²) < 4.78 is 5.71. The number of ether oxygens (including phenoxy) is 1. The summed E-state index contributed by atoms with van der Waals surface area (Å²) in [6.07, 6.45) is 2.92. The molecule has 2 nitrogen and oxygen atoms in total. The van der Waals surface area contributed by atoms with Gasteiger partial charge in [-0.2, -0.15) is 0 Å². The third kappa shape index (κ3) is 3.40. The van der Waals surface area contributed by atoms with Crippen molar-refractivity contribution in [2.45, 2.75) is 38.4 Å². The Morgan fingerprint density at radius 2 is 1.70 bits per heavy atom. The summed E-state index contributed by atoms with van der Waals surface area (Å²) in [6.45, 7) is 2.07. The third-order valence-electron chi connectivity index (χ3n) is 3.64. The van der Waals surface area contributed by atoms with Gasteiger partial charge in [-0.25, -0.2) is 0 Å². The molecule has 1 fully saturated rings. The molecule has 0 amide bonds. The molecule has 20 heavy (non-hydrogen) atoms. The van der Waals surface area contributed by atoms with Crippen LogP contribution in [0.5, 0.6) is 5.75 Å². The molecule has 0 aromatic heterocycles. The van der Waals surface area contributed by atoms with Crippen molar-refractivity contribution in [3.8, 4) is 5.75 Å². The van der Waals surface area contributed by atoms with Crippen LogP contribution < -0.4 is 4.74 Å². The van der Waals surface area contributed by atoms with E-state index in [0.29, 0.717) is 12.5 Å². The largest absolute Gasteiger partial charge is 0.490 e. The van der Waals surface area contributed by atoms with Gasteiger partial charge in [0.05, 0.1) is 12.2 Å². The van der Waals surface area contributed by atoms with Crippen LogP contribution in [0.25, 0.3) is 0 Å². The lowest BCUT2D eigenvalue weighted by atomic mass is 10.0. The van der Waals surface area contributed by atoms with Crippen LogP contribution in [-0.2, 0) is 6.42 Å². The number of benzene rings is 2. The van der Waals surface area contributed by atoms with Crippen molar-refractivity contribution in [3.63, 3.8) is 0 Å². The predicted octanol–water partition coefficient (Wildman–Crippen LogP) is 3.81. The first-order valence-corrected chi connectivity index (χ1v) is 7.21. The van der Waals surface area contributed by atoms with E-state index in [-0.39, 0.29) is 0 Å². The molecular formula is C18H20O2. The zero-order chi connectivity index (χ0) is 13.9. The molecule has 1 unspecified atom stereocenters. The van der Waals surface area contributed by atoms with E-state index in [1.165, 1.54) is 5.56 Å². The average Bonchev–Trinajstić information content (AvgIpc) is 3.26. The number of aliphatic hydroxyl groups is 1. The SMILES string of the molecule is Cc1ccc(CC(O)c2ccc(OC3CC3)cc2)cc1. The van der Waals surface area contributed by atoms with Crippen molar-refractivity contribution in [1.29, 1.82) is 0 Å². The van der Waals surface area contributed by atoms with Crippen LogP contribution in [0.1, 0.15) is 35.6 Å². The average molecular weight is 268 g/mol. The van der Waals surface area contributed by atoms with E-state index >= 15 is 0 Å². The summed E-state index contributed by atoms with van der Waals surface area (Å²) >= 11 is 0. The van der Waals surface area contributed by atoms with Crippen LogP contribution in [0.15, 0.2) is 48.5 Å². The number of aryl methyl sites for hydroxylation is 1. The fourth-order valence-electron chi connectivity index (χ4n) is 2.21. The Labute approximate surface area is 120 Å². The minimum Gasteiger partial charge on any atom is -0.490 e. The Bertz CT molecular complexity index is 553. The molecule has 1 aliphatic rings. The van der Waals surface area contributed by atoms with Crippen molar-refractivity contribution in [1.82, 2.24) is 0 Å². The number of rotatable bonds is 5. The molecule has 0 radical (unpaired) electrons. The van der Waals surface area contributed by atoms with Crippen LogP contribution in [0, 0.1) is 6.92 Å². The Morgan fingerprint density at radius 3 is 2.30 bits per heavy atom. The van der Waals surface area contributed by atoms with Gasteiger partial charge in [-0.05, 0) is 43.0 Å². The molecule has 1 aliphatic carbocycles. The second-order valence-electron chi connectivity index (χ2n) is 5.59. The quantitative estimate of drug-likeness (QED) is 0.893. The van der Waals surface area contributed by atoms with Crippen LogP contribution in [-0.4, -0.2) is 11.2 Å². The number of aliphatic hydroxyl groups excluding tert-OH is 1. The van der Waals surface area contributed by atoms with E-state index in [9.17, 15) is 5.11 Å². The lowest BCUT2D eigenvalue weighted by Gasteiger charge is -2.12. The maximum Gasteiger partial charge on any atom is 0.119 e. The lowest BCUT2D eigenvalue weighted by Crippen LogP contribution is -2.02. The first-order chi connectivity index (χ1) is 9.70. The van der Waals surface area contributed by atoms with E-state index in [2.05, 4.69) is 31.2 Å². The minimum absolute atomic E-state index is 0.415. The van der Waals surface area contributed by atoms with Crippen molar-refractivity contribution in [3.05, 3.63) is 65.2 Å². The third-order valence-corrected chi connectivity index (χ3v) is 3.64. The lowest BCUT2D eigenvalue weighted by molar-refractivity contribution is 0.178. The molecule has 2 heteroatoms. The van der Waals surface area contributed by atoms with Gasteiger partial charge in [-0.15, -0.1) is 0 Å². The molecule has 2 aromatic rings. The Hall–Kier alpha value is -1.80. The highest BCUT2D eigenvalue weighted by molar-refractivity contribution is 5.30. The van der Waals surface area contributed by atoms with Crippen LogP contribution in [0.2, 0.25) is 0 Å². The molecular weight excluding hydrogens is 248 g/mol. The van der Waals surface area contributed by atoms with E-state index in [4.69, 9.17) is 4.74 Å². The topological polar surface area (TPSA) is 29.5 Å². The van der Waals surface area contributed by atoms with Gasteiger partial charge in [0.2, 0.25) is 0 Å². The molecule has 104 valence electrons.